The Labute approximate surface area is 140 Å². The molecule has 1 aromatic carbocycles. The highest BCUT2D eigenvalue weighted by Crippen LogP contribution is 2.13. The van der Waals surface area contributed by atoms with Gasteiger partial charge in [-0.25, -0.2) is 9.97 Å². The molecule has 7 heteroatoms. The fraction of sp³-hybridized carbons (Fsp3) is 0.294. The third kappa shape index (κ3) is 3.67. The number of anilines is 2. The number of carbonyl (C=O) groups is 1. The van der Waals surface area contributed by atoms with E-state index in [-0.39, 0.29) is 5.91 Å². The zero-order valence-electron chi connectivity index (χ0n) is 13.4. The normalized spacial score (nSPS) is 14.9. The van der Waals surface area contributed by atoms with Crippen molar-refractivity contribution < 1.29 is 4.79 Å². The second kappa shape index (κ2) is 7.06. The van der Waals surface area contributed by atoms with E-state index >= 15 is 0 Å². The summed E-state index contributed by atoms with van der Waals surface area (Å²) in [5.41, 5.74) is 1.45. The SMILES string of the molecule is CN1CCN(c2ncc(C(=O)Nc3cccc(C#N)c3)cn2)CC1. The Morgan fingerprint density at radius 3 is 2.58 bits per heavy atom. The molecule has 0 aliphatic carbocycles. The molecule has 0 spiro atoms. The van der Waals surface area contributed by atoms with Crippen molar-refractivity contribution in [2.75, 3.05) is 43.4 Å². The number of rotatable bonds is 3. The Bertz CT molecular complexity index is 759. The van der Waals surface area contributed by atoms with Gasteiger partial charge < -0.3 is 15.1 Å². The van der Waals surface area contributed by atoms with Gasteiger partial charge in [-0.15, -0.1) is 0 Å². The van der Waals surface area contributed by atoms with Crippen LogP contribution in [0.25, 0.3) is 0 Å². The minimum Gasteiger partial charge on any atom is -0.338 e. The maximum atomic E-state index is 12.2. The highest BCUT2D eigenvalue weighted by molar-refractivity contribution is 6.03. The van der Waals surface area contributed by atoms with Crippen LogP contribution in [0.4, 0.5) is 11.6 Å². The number of benzene rings is 1. The van der Waals surface area contributed by atoms with E-state index in [2.05, 4.69) is 32.1 Å². The summed E-state index contributed by atoms with van der Waals surface area (Å²) in [6.07, 6.45) is 3.06. The molecule has 1 aliphatic heterocycles. The summed E-state index contributed by atoms with van der Waals surface area (Å²) >= 11 is 0. The maximum absolute atomic E-state index is 12.2. The van der Waals surface area contributed by atoms with Gasteiger partial charge in [0.05, 0.1) is 17.2 Å². The summed E-state index contributed by atoms with van der Waals surface area (Å²) in [7, 11) is 2.09. The summed E-state index contributed by atoms with van der Waals surface area (Å²) in [6.45, 7) is 3.70. The van der Waals surface area contributed by atoms with Gasteiger partial charge in [0.2, 0.25) is 5.95 Å². The van der Waals surface area contributed by atoms with E-state index in [0.29, 0.717) is 22.8 Å². The number of carbonyl (C=O) groups excluding carboxylic acids is 1. The van der Waals surface area contributed by atoms with Crippen molar-refractivity contribution >= 4 is 17.5 Å². The van der Waals surface area contributed by atoms with E-state index in [1.807, 2.05) is 6.07 Å². The van der Waals surface area contributed by atoms with Crippen molar-refractivity contribution in [3.63, 3.8) is 0 Å². The van der Waals surface area contributed by atoms with Crippen molar-refractivity contribution in [2.45, 2.75) is 0 Å². The third-order valence-electron chi connectivity index (χ3n) is 3.94. The molecule has 2 heterocycles. The lowest BCUT2D eigenvalue weighted by molar-refractivity contribution is 0.102. The number of likely N-dealkylation sites (N-methyl/N-ethyl adjacent to an activating group) is 1. The smallest absolute Gasteiger partial charge is 0.258 e. The molecule has 0 unspecified atom stereocenters. The molecule has 0 saturated carbocycles. The molecule has 0 atom stereocenters. The Balaban J connectivity index is 1.66. The topological polar surface area (TPSA) is 85.1 Å². The lowest BCUT2D eigenvalue weighted by atomic mass is 10.2. The van der Waals surface area contributed by atoms with Gasteiger partial charge in [0.1, 0.15) is 0 Å². The molecule has 7 nitrogen and oxygen atoms in total. The number of nitriles is 1. The third-order valence-corrected chi connectivity index (χ3v) is 3.94. The largest absolute Gasteiger partial charge is 0.338 e. The number of hydrogen-bond donors (Lipinski definition) is 1. The fourth-order valence-electron chi connectivity index (χ4n) is 2.48. The summed E-state index contributed by atoms with van der Waals surface area (Å²) < 4.78 is 0. The molecule has 1 N–H and O–H groups in total. The lowest BCUT2D eigenvalue weighted by Gasteiger charge is -2.32. The van der Waals surface area contributed by atoms with E-state index in [1.54, 1.807) is 24.3 Å². The van der Waals surface area contributed by atoms with E-state index in [0.717, 1.165) is 26.2 Å². The number of aromatic nitrogens is 2. The summed E-state index contributed by atoms with van der Waals surface area (Å²) in [5, 5.41) is 11.6. The van der Waals surface area contributed by atoms with Crippen molar-refractivity contribution in [1.29, 1.82) is 5.26 Å². The Kier molecular flexibility index (Phi) is 4.68. The van der Waals surface area contributed by atoms with E-state index in [1.165, 1.54) is 12.4 Å². The van der Waals surface area contributed by atoms with Crippen LogP contribution >= 0.6 is 0 Å². The first-order valence-electron chi connectivity index (χ1n) is 7.73. The van der Waals surface area contributed by atoms with Crippen LogP contribution in [0.5, 0.6) is 0 Å². The number of amides is 1. The van der Waals surface area contributed by atoms with Gasteiger partial charge in [-0.05, 0) is 25.2 Å². The molecule has 1 saturated heterocycles. The van der Waals surface area contributed by atoms with Crippen LogP contribution in [0.3, 0.4) is 0 Å². The second-order valence-corrected chi connectivity index (χ2v) is 5.71. The average Bonchev–Trinajstić information content (AvgIpc) is 2.62. The maximum Gasteiger partial charge on any atom is 0.258 e. The van der Waals surface area contributed by atoms with Gasteiger partial charge >= 0.3 is 0 Å². The van der Waals surface area contributed by atoms with E-state index < -0.39 is 0 Å². The van der Waals surface area contributed by atoms with Crippen LogP contribution in [-0.2, 0) is 0 Å². The number of nitrogens with one attached hydrogen (secondary N) is 1. The highest BCUT2D eigenvalue weighted by Gasteiger charge is 2.17. The molecule has 1 aliphatic rings. The summed E-state index contributed by atoms with van der Waals surface area (Å²) in [4.78, 5) is 25.2. The van der Waals surface area contributed by atoms with Crippen molar-refractivity contribution in [2.24, 2.45) is 0 Å². The Morgan fingerprint density at radius 1 is 1.21 bits per heavy atom. The first kappa shape index (κ1) is 15.9. The molecule has 0 bridgehead atoms. The van der Waals surface area contributed by atoms with E-state index in [4.69, 9.17) is 5.26 Å². The van der Waals surface area contributed by atoms with Crippen LogP contribution in [0.2, 0.25) is 0 Å². The molecule has 0 radical (unpaired) electrons. The zero-order chi connectivity index (χ0) is 16.9. The van der Waals surface area contributed by atoms with E-state index in [9.17, 15) is 4.79 Å². The van der Waals surface area contributed by atoms with Crippen LogP contribution in [0.15, 0.2) is 36.7 Å². The number of nitrogens with zero attached hydrogens (tertiary/aromatic N) is 5. The molecular weight excluding hydrogens is 304 g/mol. The lowest BCUT2D eigenvalue weighted by Crippen LogP contribution is -2.45. The number of hydrogen-bond acceptors (Lipinski definition) is 6. The molecule has 2 aromatic rings. The first-order valence-corrected chi connectivity index (χ1v) is 7.73. The quantitative estimate of drug-likeness (QED) is 0.918. The van der Waals surface area contributed by atoms with Crippen molar-refractivity contribution in [3.05, 3.63) is 47.8 Å². The Morgan fingerprint density at radius 2 is 1.92 bits per heavy atom. The minimum atomic E-state index is -0.296. The van der Waals surface area contributed by atoms with Gasteiger partial charge in [0, 0.05) is 44.3 Å². The predicted molar refractivity (Wildman–Crippen MR) is 90.9 cm³/mol. The predicted octanol–water partition coefficient (Wildman–Crippen LogP) is 1.35. The summed E-state index contributed by atoms with van der Waals surface area (Å²) in [6, 6.07) is 8.81. The van der Waals surface area contributed by atoms with Gasteiger partial charge in [0.25, 0.3) is 5.91 Å². The van der Waals surface area contributed by atoms with Crippen LogP contribution in [0.1, 0.15) is 15.9 Å². The minimum absolute atomic E-state index is 0.296. The molecule has 1 amide bonds. The molecule has 1 fully saturated rings. The highest BCUT2D eigenvalue weighted by atomic mass is 16.1. The van der Waals surface area contributed by atoms with Crippen LogP contribution in [0, 0.1) is 11.3 Å². The average molecular weight is 322 g/mol. The molecule has 122 valence electrons. The standard InChI is InChI=1S/C17H18N6O/c1-22-5-7-23(8-6-22)17-19-11-14(12-20-17)16(24)21-15-4-2-3-13(9-15)10-18/h2-4,9,11-12H,5-8H2,1H3,(H,21,24). The Hall–Kier alpha value is -2.98. The van der Waals surface area contributed by atoms with Gasteiger partial charge in [0.15, 0.2) is 0 Å². The van der Waals surface area contributed by atoms with Gasteiger partial charge in [-0.1, -0.05) is 6.07 Å². The molecule has 1 aromatic heterocycles. The summed E-state index contributed by atoms with van der Waals surface area (Å²) in [5.74, 6) is 0.348. The zero-order valence-corrected chi connectivity index (χ0v) is 13.4. The molecule has 24 heavy (non-hydrogen) atoms. The fourth-order valence-corrected chi connectivity index (χ4v) is 2.48. The monoisotopic (exact) mass is 322 g/mol. The van der Waals surface area contributed by atoms with Gasteiger partial charge in [-0.3, -0.25) is 4.79 Å². The molecular formula is C17H18N6O. The number of piperazine rings is 1. The van der Waals surface area contributed by atoms with Gasteiger partial charge in [-0.2, -0.15) is 5.26 Å². The molecule has 3 rings (SSSR count). The first-order chi connectivity index (χ1) is 11.7. The second-order valence-electron chi connectivity index (χ2n) is 5.71. The van der Waals surface area contributed by atoms with Crippen molar-refractivity contribution in [1.82, 2.24) is 14.9 Å². The van der Waals surface area contributed by atoms with Crippen molar-refractivity contribution in [3.8, 4) is 6.07 Å². The van der Waals surface area contributed by atoms with Crippen LogP contribution < -0.4 is 10.2 Å². The van der Waals surface area contributed by atoms with Crippen LogP contribution in [-0.4, -0.2) is 54.0 Å².